The van der Waals surface area contributed by atoms with Gasteiger partial charge in [0.15, 0.2) is 0 Å². The molecule has 0 aliphatic carbocycles. The van der Waals surface area contributed by atoms with Gasteiger partial charge in [-0.2, -0.15) is 4.98 Å². The summed E-state index contributed by atoms with van der Waals surface area (Å²) in [5.41, 5.74) is 0.669. The highest BCUT2D eigenvalue weighted by Gasteiger charge is 2.22. The lowest BCUT2D eigenvalue weighted by Gasteiger charge is -2.10. The van der Waals surface area contributed by atoms with Crippen LogP contribution in [0.25, 0.3) is 11.4 Å². The quantitative estimate of drug-likeness (QED) is 0.595. The number of sulfonamides is 1. The van der Waals surface area contributed by atoms with Crippen LogP contribution in [0.5, 0.6) is 11.5 Å². The zero-order valence-corrected chi connectivity index (χ0v) is 17.1. The fourth-order valence-electron chi connectivity index (χ4n) is 2.32. The number of halogens is 2. The van der Waals surface area contributed by atoms with Crippen LogP contribution in [0.15, 0.2) is 45.8 Å². The van der Waals surface area contributed by atoms with Gasteiger partial charge in [-0.15, -0.1) is 0 Å². The molecule has 0 aliphatic rings. The largest absolute Gasteiger partial charge is 0.497 e. The summed E-state index contributed by atoms with van der Waals surface area (Å²) in [5.74, 6) is 1.29. The molecule has 0 unspecified atom stereocenters. The van der Waals surface area contributed by atoms with Crippen LogP contribution >= 0.6 is 23.2 Å². The molecule has 1 N–H and O–H groups in total. The van der Waals surface area contributed by atoms with Gasteiger partial charge in [0.2, 0.25) is 21.7 Å². The zero-order valence-electron chi connectivity index (χ0n) is 14.8. The maximum Gasteiger partial charge on any atom is 0.242 e. The van der Waals surface area contributed by atoms with E-state index in [9.17, 15) is 8.42 Å². The fraction of sp³-hybridized carbons (Fsp3) is 0.176. The number of methoxy groups -OCH3 is 2. The molecule has 1 aromatic heterocycles. The third kappa shape index (κ3) is 4.22. The molecular weight excluding hydrogens is 429 g/mol. The van der Waals surface area contributed by atoms with Crippen molar-refractivity contribution in [1.29, 1.82) is 0 Å². The monoisotopic (exact) mass is 443 g/mol. The van der Waals surface area contributed by atoms with E-state index in [2.05, 4.69) is 14.9 Å². The Morgan fingerprint density at radius 2 is 1.89 bits per heavy atom. The van der Waals surface area contributed by atoms with Crippen LogP contribution in [0.1, 0.15) is 5.89 Å². The minimum atomic E-state index is -3.97. The predicted octanol–water partition coefficient (Wildman–Crippen LogP) is 3.54. The molecule has 3 rings (SSSR count). The average Bonchev–Trinajstić information content (AvgIpc) is 3.17. The molecule has 2 aromatic carbocycles. The van der Waals surface area contributed by atoms with E-state index in [1.807, 2.05) is 0 Å². The first-order chi connectivity index (χ1) is 13.4. The van der Waals surface area contributed by atoms with Crippen LogP contribution in [-0.2, 0) is 16.6 Å². The minimum absolute atomic E-state index is 0.00476. The standard InChI is InChI=1S/C17H15Cl2N3O5S/c1-25-11-5-3-4-10(8-11)17-21-14(27-22-17)9-20-28(23,24)13-7-6-12(26-2)15(18)16(13)19/h3-8,20H,9H2,1-2H3. The number of nitrogens with one attached hydrogen (secondary N) is 1. The van der Waals surface area contributed by atoms with Crippen molar-refractivity contribution < 1.29 is 22.4 Å². The fourth-order valence-corrected chi connectivity index (χ4v) is 4.13. The molecule has 0 saturated carbocycles. The lowest BCUT2D eigenvalue weighted by Crippen LogP contribution is -2.23. The second-order valence-corrected chi connectivity index (χ2v) is 7.95. The summed E-state index contributed by atoms with van der Waals surface area (Å²) < 4.78 is 42.7. The van der Waals surface area contributed by atoms with Crippen molar-refractivity contribution in [3.63, 3.8) is 0 Å². The smallest absolute Gasteiger partial charge is 0.242 e. The minimum Gasteiger partial charge on any atom is -0.497 e. The number of aromatic nitrogens is 2. The van der Waals surface area contributed by atoms with Crippen molar-refractivity contribution in [3.8, 4) is 22.9 Å². The number of hydrogen-bond acceptors (Lipinski definition) is 7. The zero-order chi connectivity index (χ0) is 20.3. The van der Waals surface area contributed by atoms with Gasteiger partial charge in [-0.25, -0.2) is 13.1 Å². The maximum absolute atomic E-state index is 12.5. The molecule has 3 aromatic rings. The summed E-state index contributed by atoms with van der Waals surface area (Å²) in [7, 11) is -1.02. The Kier molecular flexibility index (Phi) is 6.09. The van der Waals surface area contributed by atoms with Gasteiger partial charge >= 0.3 is 0 Å². The molecule has 0 aliphatic heterocycles. The Morgan fingerprint density at radius 3 is 2.61 bits per heavy atom. The Labute approximate surface area is 171 Å². The summed E-state index contributed by atoms with van der Waals surface area (Å²) in [4.78, 5) is 3.99. The highest BCUT2D eigenvalue weighted by Crippen LogP contribution is 2.36. The summed E-state index contributed by atoms with van der Waals surface area (Å²) in [6.07, 6.45) is 0. The van der Waals surface area contributed by atoms with E-state index < -0.39 is 10.0 Å². The molecule has 28 heavy (non-hydrogen) atoms. The molecule has 0 atom stereocenters. The Bertz CT molecular complexity index is 1100. The van der Waals surface area contributed by atoms with E-state index in [0.29, 0.717) is 17.1 Å². The highest BCUT2D eigenvalue weighted by molar-refractivity contribution is 7.89. The first-order valence-electron chi connectivity index (χ1n) is 7.84. The molecular formula is C17H15Cl2N3O5S. The van der Waals surface area contributed by atoms with Crippen molar-refractivity contribution in [1.82, 2.24) is 14.9 Å². The molecule has 148 valence electrons. The van der Waals surface area contributed by atoms with E-state index in [1.54, 1.807) is 31.4 Å². The van der Waals surface area contributed by atoms with E-state index >= 15 is 0 Å². The Morgan fingerprint density at radius 1 is 1.11 bits per heavy atom. The second-order valence-electron chi connectivity index (χ2n) is 5.46. The molecule has 1 heterocycles. The molecule has 0 fully saturated rings. The SMILES string of the molecule is COc1cccc(-c2noc(CNS(=O)(=O)c3ccc(OC)c(Cl)c3Cl)n2)c1. The van der Waals surface area contributed by atoms with E-state index in [4.69, 9.17) is 37.2 Å². The number of rotatable bonds is 7. The summed E-state index contributed by atoms with van der Waals surface area (Å²) in [6, 6.07) is 9.78. The number of benzene rings is 2. The van der Waals surface area contributed by atoms with E-state index in [1.165, 1.54) is 19.2 Å². The van der Waals surface area contributed by atoms with Crippen LogP contribution in [0, 0.1) is 0 Å². The van der Waals surface area contributed by atoms with Crippen molar-refractivity contribution in [2.24, 2.45) is 0 Å². The summed E-state index contributed by atoms with van der Waals surface area (Å²) in [6.45, 7) is -0.223. The molecule has 0 saturated heterocycles. The van der Waals surface area contributed by atoms with Crippen molar-refractivity contribution in [2.75, 3.05) is 14.2 Å². The van der Waals surface area contributed by atoms with Gasteiger partial charge in [-0.1, -0.05) is 40.5 Å². The maximum atomic E-state index is 12.5. The van der Waals surface area contributed by atoms with E-state index in [0.717, 1.165) is 0 Å². The molecule has 0 spiro atoms. The molecule has 0 amide bonds. The van der Waals surface area contributed by atoms with Gasteiger partial charge in [0.1, 0.15) is 21.4 Å². The molecule has 8 nitrogen and oxygen atoms in total. The van der Waals surface area contributed by atoms with Crippen molar-refractivity contribution >= 4 is 33.2 Å². The number of nitrogens with zero attached hydrogens (tertiary/aromatic N) is 2. The third-order valence-electron chi connectivity index (χ3n) is 3.73. The van der Waals surface area contributed by atoms with Crippen LogP contribution < -0.4 is 14.2 Å². The number of ether oxygens (including phenoxy) is 2. The molecule has 11 heteroatoms. The molecule has 0 radical (unpaired) electrons. The normalized spacial score (nSPS) is 11.4. The van der Waals surface area contributed by atoms with Crippen LogP contribution in [0.2, 0.25) is 10.0 Å². The van der Waals surface area contributed by atoms with Crippen molar-refractivity contribution in [3.05, 3.63) is 52.3 Å². The van der Waals surface area contributed by atoms with Gasteiger partial charge in [0.05, 0.1) is 25.8 Å². The van der Waals surface area contributed by atoms with Crippen LogP contribution in [-0.4, -0.2) is 32.8 Å². The Balaban J connectivity index is 1.77. The first-order valence-corrected chi connectivity index (χ1v) is 10.1. The van der Waals surface area contributed by atoms with Gasteiger partial charge in [0.25, 0.3) is 0 Å². The van der Waals surface area contributed by atoms with Crippen LogP contribution in [0.3, 0.4) is 0 Å². The van der Waals surface area contributed by atoms with Crippen LogP contribution in [0.4, 0.5) is 0 Å². The lowest BCUT2D eigenvalue weighted by molar-refractivity contribution is 0.376. The summed E-state index contributed by atoms with van der Waals surface area (Å²) >= 11 is 12.1. The summed E-state index contributed by atoms with van der Waals surface area (Å²) in [5, 5.41) is 3.71. The van der Waals surface area contributed by atoms with Gasteiger partial charge in [-0.3, -0.25) is 0 Å². The van der Waals surface area contributed by atoms with Gasteiger partial charge in [0, 0.05) is 5.56 Å². The van der Waals surface area contributed by atoms with E-state index in [-0.39, 0.29) is 33.1 Å². The van der Waals surface area contributed by atoms with Crippen molar-refractivity contribution in [2.45, 2.75) is 11.4 Å². The van der Waals surface area contributed by atoms with Gasteiger partial charge in [-0.05, 0) is 24.3 Å². The molecule has 0 bridgehead atoms. The van der Waals surface area contributed by atoms with Gasteiger partial charge < -0.3 is 14.0 Å². The highest BCUT2D eigenvalue weighted by atomic mass is 35.5. The number of hydrogen-bond donors (Lipinski definition) is 1. The average molecular weight is 444 g/mol. The topological polar surface area (TPSA) is 104 Å². The lowest BCUT2D eigenvalue weighted by atomic mass is 10.2. The Hall–Kier alpha value is -2.33. The predicted molar refractivity (Wildman–Crippen MR) is 103 cm³/mol. The second kappa shape index (κ2) is 8.36. The first kappa shape index (κ1) is 20.4. The third-order valence-corrected chi connectivity index (χ3v) is 6.15.